The van der Waals surface area contributed by atoms with Gasteiger partial charge in [-0.1, -0.05) is 0 Å². The molecular weight excluding hydrogens is 526 g/mol. The van der Waals surface area contributed by atoms with Crippen LogP contribution in [0.25, 0.3) is 6.08 Å². The number of hydrogen-bond donors (Lipinski definition) is 0. The summed E-state index contributed by atoms with van der Waals surface area (Å²) in [4.78, 5) is 4.84. The Bertz CT molecular complexity index is 1230. The van der Waals surface area contributed by atoms with Crippen molar-refractivity contribution in [3.63, 3.8) is 0 Å². The van der Waals surface area contributed by atoms with Gasteiger partial charge < -0.3 is 0 Å². The van der Waals surface area contributed by atoms with Gasteiger partial charge in [-0.3, -0.25) is 0 Å². The number of alkyl halides is 3. The van der Waals surface area contributed by atoms with Crippen LogP contribution in [0.3, 0.4) is 0 Å². The molecule has 0 heterocycles. The molecule has 0 fully saturated rings. The summed E-state index contributed by atoms with van der Waals surface area (Å²) in [6.07, 6.45) is 0.0394. The van der Waals surface area contributed by atoms with Crippen molar-refractivity contribution in [2.75, 3.05) is 0 Å². The molecule has 0 N–H and O–H groups in total. The summed E-state index contributed by atoms with van der Waals surface area (Å²) >= 11 is -3.43. The first-order valence-electron chi connectivity index (χ1n) is 12.8. The molecule has 0 saturated carbocycles. The second-order valence-corrected chi connectivity index (χ2v) is 18.7. The van der Waals surface area contributed by atoms with E-state index in [9.17, 15) is 13.2 Å². The molecule has 0 nitrogen and oxygen atoms in total. The van der Waals surface area contributed by atoms with Crippen molar-refractivity contribution < 1.29 is 13.2 Å². The van der Waals surface area contributed by atoms with Gasteiger partial charge in [0.05, 0.1) is 0 Å². The summed E-state index contributed by atoms with van der Waals surface area (Å²) in [6, 6.07) is 14.5. The van der Waals surface area contributed by atoms with Crippen LogP contribution in [0.4, 0.5) is 13.2 Å². The molecule has 196 valence electrons. The van der Waals surface area contributed by atoms with E-state index in [1.807, 2.05) is 6.08 Å². The second kappa shape index (κ2) is 10.7. The topological polar surface area (TPSA) is 0 Å². The normalized spacial score (nSPS) is 13.2. The Morgan fingerprint density at radius 1 is 0.622 bits per heavy atom. The standard InChI is InChI=1S/C33H39F3Ge/c1-22-18-24(3)30(25(4)19-22)37(17-15-32(7,8)9,31-26(5)20-23(2)21-27(31)6)16-14-28-10-12-29(13-11-28)33(34,35)36/h10-21H,1-9H3/b16-14+,17-15+. The summed E-state index contributed by atoms with van der Waals surface area (Å²) in [6.45, 7) is 19.7. The number of aryl methyl sites for hydroxylation is 6. The minimum atomic E-state index is -4.34. The molecule has 0 atom stereocenters. The van der Waals surface area contributed by atoms with Gasteiger partial charge in [0.25, 0.3) is 0 Å². The van der Waals surface area contributed by atoms with Crippen LogP contribution in [0, 0.1) is 47.0 Å². The predicted molar refractivity (Wildman–Crippen MR) is 155 cm³/mol. The van der Waals surface area contributed by atoms with Crippen LogP contribution >= 0.6 is 0 Å². The third-order valence-electron chi connectivity index (χ3n) is 6.80. The van der Waals surface area contributed by atoms with Crippen molar-refractivity contribution in [3.8, 4) is 0 Å². The van der Waals surface area contributed by atoms with Crippen molar-refractivity contribution in [1.29, 1.82) is 0 Å². The van der Waals surface area contributed by atoms with Gasteiger partial charge in [0.2, 0.25) is 0 Å². The molecule has 37 heavy (non-hydrogen) atoms. The van der Waals surface area contributed by atoms with E-state index in [2.05, 4.69) is 102 Å². The molecule has 3 rings (SSSR count). The number of halogens is 3. The molecule has 3 aromatic rings. The fraction of sp³-hybridized carbons (Fsp3) is 0.333. The Hall–Kier alpha value is -2.53. The minimum absolute atomic E-state index is 0.0162. The third kappa shape index (κ3) is 6.68. The van der Waals surface area contributed by atoms with Gasteiger partial charge >= 0.3 is 224 Å². The molecule has 0 aliphatic rings. The van der Waals surface area contributed by atoms with E-state index < -0.39 is 25.0 Å². The van der Waals surface area contributed by atoms with Crippen molar-refractivity contribution in [2.24, 2.45) is 5.41 Å². The van der Waals surface area contributed by atoms with E-state index in [0.29, 0.717) is 0 Å². The van der Waals surface area contributed by atoms with Crippen LogP contribution < -0.4 is 8.79 Å². The quantitative estimate of drug-likeness (QED) is 0.272. The zero-order chi connectivity index (χ0) is 27.8. The summed E-state index contributed by atoms with van der Waals surface area (Å²) in [7, 11) is 0. The zero-order valence-electron chi connectivity index (χ0n) is 23.6. The molecule has 0 aliphatic carbocycles. The first kappa shape index (κ1) is 29.0. The third-order valence-corrected chi connectivity index (χ3v) is 16.5. The Balaban J connectivity index is 2.41. The maximum atomic E-state index is 13.2. The van der Waals surface area contributed by atoms with Gasteiger partial charge in [-0.25, -0.2) is 0 Å². The molecule has 0 amide bonds. The van der Waals surface area contributed by atoms with Crippen molar-refractivity contribution in [1.82, 2.24) is 0 Å². The van der Waals surface area contributed by atoms with Crippen LogP contribution in [-0.2, 0) is 6.18 Å². The molecule has 0 bridgehead atoms. The fourth-order valence-corrected chi connectivity index (χ4v) is 16.4. The summed E-state index contributed by atoms with van der Waals surface area (Å²) in [5, 5.41) is 0. The molecule has 4 heteroatoms. The van der Waals surface area contributed by atoms with Crippen LogP contribution in [-0.4, -0.2) is 13.3 Å². The molecule has 3 aromatic carbocycles. The van der Waals surface area contributed by atoms with Gasteiger partial charge in [-0.2, -0.15) is 0 Å². The number of allylic oxidation sites excluding steroid dienone is 1. The summed E-state index contributed by atoms with van der Waals surface area (Å²) in [5.41, 5.74) is 7.69. The Morgan fingerprint density at radius 2 is 1.03 bits per heavy atom. The van der Waals surface area contributed by atoms with Gasteiger partial charge in [-0.05, 0) is 0 Å². The Labute approximate surface area is 223 Å². The summed E-state index contributed by atoms with van der Waals surface area (Å²) < 4.78 is 42.3. The van der Waals surface area contributed by atoms with Crippen LogP contribution in [0.5, 0.6) is 0 Å². The predicted octanol–water partition coefficient (Wildman–Crippen LogP) is 8.51. The number of benzene rings is 3. The van der Waals surface area contributed by atoms with Crippen LogP contribution in [0.15, 0.2) is 64.4 Å². The van der Waals surface area contributed by atoms with Crippen LogP contribution in [0.2, 0.25) is 0 Å². The summed E-state index contributed by atoms with van der Waals surface area (Å²) in [5.74, 6) is 0. The fourth-order valence-electron chi connectivity index (χ4n) is 5.57. The van der Waals surface area contributed by atoms with Gasteiger partial charge in [-0.15, -0.1) is 0 Å². The van der Waals surface area contributed by atoms with Crippen molar-refractivity contribution in [3.05, 3.63) is 109 Å². The molecule has 0 spiro atoms. The number of rotatable bonds is 5. The first-order chi connectivity index (χ1) is 17.0. The van der Waals surface area contributed by atoms with E-state index in [-0.39, 0.29) is 5.41 Å². The van der Waals surface area contributed by atoms with E-state index in [0.717, 1.165) is 5.56 Å². The number of hydrogen-bond acceptors (Lipinski definition) is 0. The van der Waals surface area contributed by atoms with Gasteiger partial charge in [0.1, 0.15) is 0 Å². The van der Waals surface area contributed by atoms with Crippen molar-refractivity contribution >= 4 is 28.1 Å². The van der Waals surface area contributed by atoms with E-state index in [4.69, 9.17) is 0 Å². The van der Waals surface area contributed by atoms with Crippen molar-refractivity contribution in [2.45, 2.75) is 68.5 Å². The Kier molecular flexibility index (Phi) is 8.39. The Morgan fingerprint density at radius 3 is 1.38 bits per heavy atom. The SMILES string of the molecule is Cc1cc(C)[c]([Ge](/[CH]=C/c2ccc(C(F)(F)F)cc2)(/[CH]=C/C(C)(C)C)[c]2c(C)cc(C)cc2C)c(C)c1. The molecular formula is C33H39F3Ge. The monoisotopic (exact) mass is 566 g/mol. The van der Waals surface area contributed by atoms with E-state index in [1.54, 1.807) is 12.1 Å². The average Bonchev–Trinajstić information content (AvgIpc) is 2.73. The molecule has 0 radical (unpaired) electrons. The molecule has 0 saturated heterocycles. The van der Waals surface area contributed by atoms with E-state index in [1.165, 1.54) is 54.3 Å². The van der Waals surface area contributed by atoms with E-state index >= 15 is 0 Å². The van der Waals surface area contributed by atoms with Gasteiger partial charge in [0, 0.05) is 0 Å². The zero-order valence-corrected chi connectivity index (χ0v) is 25.7. The second-order valence-electron chi connectivity index (χ2n) is 11.6. The molecule has 0 aromatic heterocycles. The maximum absolute atomic E-state index is 13.2. The average molecular weight is 565 g/mol. The van der Waals surface area contributed by atoms with Gasteiger partial charge in [0.15, 0.2) is 0 Å². The first-order valence-corrected chi connectivity index (χ1v) is 17.3. The molecule has 0 unspecified atom stereocenters. The molecule has 0 aliphatic heterocycles. The van der Waals surface area contributed by atoms with Crippen LogP contribution in [0.1, 0.15) is 65.3 Å².